The first-order valence-corrected chi connectivity index (χ1v) is 7.73. The monoisotopic (exact) mass is 267 g/mol. The number of hydrogen-bond acceptors (Lipinski definition) is 4. The van der Waals surface area contributed by atoms with Gasteiger partial charge in [0.25, 0.3) is 0 Å². The van der Waals surface area contributed by atoms with E-state index in [9.17, 15) is 0 Å². The van der Waals surface area contributed by atoms with Crippen LogP contribution in [0, 0.1) is 0 Å². The van der Waals surface area contributed by atoms with Gasteiger partial charge in [0.2, 0.25) is 0 Å². The predicted molar refractivity (Wildman–Crippen MR) is 76.6 cm³/mol. The second-order valence-electron chi connectivity index (χ2n) is 4.62. The van der Waals surface area contributed by atoms with Crippen LogP contribution in [0.25, 0.3) is 0 Å². The molecule has 1 aliphatic rings. The lowest BCUT2D eigenvalue weighted by molar-refractivity contribution is 0.149. The molecular weight excluding hydrogens is 246 g/mol. The quantitative estimate of drug-likeness (QED) is 0.833. The van der Waals surface area contributed by atoms with Gasteiger partial charge in [-0.25, -0.2) is 0 Å². The van der Waals surface area contributed by atoms with Gasteiger partial charge in [-0.05, 0) is 30.9 Å². The Labute approximate surface area is 113 Å². The fourth-order valence-electron chi connectivity index (χ4n) is 2.32. The number of nitrogens with two attached hydrogens (primary N) is 1. The summed E-state index contributed by atoms with van der Waals surface area (Å²) in [7, 11) is 1.67. The highest BCUT2D eigenvalue weighted by atomic mass is 32.2. The van der Waals surface area contributed by atoms with Crippen LogP contribution < -0.4 is 15.2 Å². The smallest absolute Gasteiger partial charge is 0.128 e. The normalized spacial score (nSPS) is 22.2. The maximum absolute atomic E-state index is 6.21. The lowest BCUT2D eigenvalue weighted by Gasteiger charge is -2.30. The molecular formula is C14H21NO2S. The van der Waals surface area contributed by atoms with Gasteiger partial charge in [0.05, 0.1) is 7.11 Å². The van der Waals surface area contributed by atoms with Crippen molar-refractivity contribution in [2.24, 2.45) is 5.73 Å². The average molecular weight is 267 g/mol. The summed E-state index contributed by atoms with van der Waals surface area (Å²) in [5, 5.41) is 0. The molecule has 1 heterocycles. The number of hydrogen-bond donors (Lipinski definition) is 1. The number of methoxy groups -OCH3 is 1. The van der Waals surface area contributed by atoms with Crippen LogP contribution in [-0.2, 0) is 0 Å². The molecule has 0 bridgehead atoms. The van der Waals surface area contributed by atoms with Gasteiger partial charge < -0.3 is 15.2 Å². The van der Waals surface area contributed by atoms with Crippen LogP contribution in [0.5, 0.6) is 11.5 Å². The van der Waals surface area contributed by atoms with Crippen molar-refractivity contribution in [3.05, 3.63) is 23.8 Å². The van der Waals surface area contributed by atoms with Crippen molar-refractivity contribution in [2.45, 2.75) is 31.4 Å². The molecule has 0 radical (unpaired) electrons. The number of ether oxygens (including phenoxy) is 2. The SMILES string of the molecule is COc1ccc2c(c1)OC(CCCSC)C[C@H]2N. The van der Waals surface area contributed by atoms with E-state index >= 15 is 0 Å². The Morgan fingerprint density at radius 3 is 3.06 bits per heavy atom. The summed E-state index contributed by atoms with van der Waals surface area (Å²) in [6, 6.07) is 5.97. The van der Waals surface area contributed by atoms with Crippen molar-refractivity contribution < 1.29 is 9.47 Å². The lowest BCUT2D eigenvalue weighted by atomic mass is 9.95. The first-order valence-electron chi connectivity index (χ1n) is 6.33. The standard InChI is InChI=1S/C14H21NO2S/c1-16-10-5-6-12-13(15)8-11(4-3-7-18-2)17-14(12)9-10/h5-6,9,11,13H,3-4,7-8,15H2,1-2H3/t11?,13-/m1/s1. The van der Waals surface area contributed by atoms with Crippen LogP contribution in [-0.4, -0.2) is 25.2 Å². The molecule has 1 aromatic carbocycles. The molecule has 3 nitrogen and oxygen atoms in total. The fraction of sp³-hybridized carbons (Fsp3) is 0.571. The van der Waals surface area contributed by atoms with E-state index < -0.39 is 0 Å². The van der Waals surface area contributed by atoms with Crippen LogP contribution >= 0.6 is 11.8 Å². The van der Waals surface area contributed by atoms with Crippen LogP contribution in [0.4, 0.5) is 0 Å². The Kier molecular flexibility index (Phi) is 4.78. The highest BCUT2D eigenvalue weighted by Crippen LogP contribution is 2.37. The molecule has 0 saturated carbocycles. The van der Waals surface area contributed by atoms with Gasteiger partial charge in [-0.1, -0.05) is 6.07 Å². The summed E-state index contributed by atoms with van der Waals surface area (Å²) in [5.41, 5.74) is 7.30. The van der Waals surface area contributed by atoms with E-state index in [1.165, 1.54) is 12.2 Å². The average Bonchev–Trinajstić information content (AvgIpc) is 2.38. The highest BCUT2D eigenvalue weighted by molar-refractivity contribution is 7.98. The summed E-state index contributed by atoms with van der Waals surface area (Å²) in [6.45, 7) is 0. The van der Waals surface area contributed by atoms with Gasteiger partial charge in [0.15, 0.2) is 0 Å². The molecule has 1 aliphatic heterocycles. The lowest BCUT2D eigenvalue weighted by Crippen LogP contribution is -2.29. The largest absolute Gasteiger partial charge is 0.497 e. The minimum absolute atomic E-state index is 0.0823. The van der Waals surface area contributed by atoms with E-state index in [-0.39, 0.29) is 12.1 Å². The van der Waals surface area contributed by atoms with Crippen molar-refractivity contribution in [3.63, 3.8) is 0 Å². The molecule has 2 atom stereocenters. The van der Waals surface area contributed by atoms with Crippen LogP contribution in [0.3, 0.4) is 0 Å². The van der Waals surface area contributed by atoms with E-state index in [2.05, 4.69) is 6.26 Å². The molecule has 0 fully saturated rings. The minimum Gasteiger partial charge on any atom is -0.497 e. The molecule has 18 heavy (non-hydrogen) atoms. The van der Waals surface area contributed by atoms with Crippen molar-refractivity contribution >= 4 is 11.8 Å². The Bertz CT molecular complexity index is 397. The first-order chi connectivity index (χ1) is 8.74. The van der Waals surface area contributed by atoms with Crippen molar-refractivity contribution in [1.29, 1.82) is 0 Å². The molecule has 2 rings (SSSR count). The molecule has 100 valence electrons. The van der Waals surface area contributed by atoms with Gasteiger partial charge in [-0.15, -0.1) is 0 Å². The summed E-state index contributed by atoms with van der Waals surface area (Å²) >= 11 is 1.88. The fourth-order valence-corrected chi connectivity index (χ4v) is 2.78. The zero-order chi connectivity index (χ0) is 13.0. The number of rotatable bonds is 5. The zero-order valence-corrected chi connectivity index (χ0v) is 11.8. The Morgan fingerprint density at radius 2 is 2.33 bits per heavy atom. The van der Waals surface area contributed by atoms with E-state index in [1.807, 2.05) is 30.0 Å². The van der Waals surface area contributed by atoms with E-state index in [0.717, 1.165) is 29.9 Å². The Morgan fingerprint density at radius 1 is 1.50 bits per heavy atom. The van der Waals surface area contributed by atoms with Gasteiger partial charge in [0.1, 0.15) is 17.6 Å². The Balaban J connectivity index is 2.06. The van der Waals surface area contributed by atoms with Crippen molar-refractivity contribution in [2.75, 3.05) is 19.1 Å². The Hall–Kier alpha value is -0.870. The molecule has 0 saturated heterocycles. The molecule has 2 N–H and O–H groups in total. The molecule has 0 aliphatic carbocycles. The minimum atomic E-state index is 0.0823. The van der Waals surface area contributed by atoms with Crippen LogP contribution in [0.15, 0.2) is 18.2 Å². The number of fused-ring (bicyclic) bond motifs is 1. The molecule has 4 heteroatoms. The zero-order valence-electron chi connectivity index (χ0n) is 11.0. The van der Waals surface area contributed by atoms with E-state index in [4.69, 9.17) is 15.2 Å². The van der Waals surface area contributed by atoms with Gasteiger partial charge in [-0.3, -0.25) is 0 Å². The van der Waals surface area contributed by atoms with Crippen molar-refractivity contribution in [3.8, 4) is 11.5 Å². The summed E-state index contributed by atoms with van der Waals surface area (Å²) in [5.74, 6) is 2.90. The third kappa shape index (κ3) is 3.12. The molecule has 0 amide bonds. The maximum atomic E-state index is 6.21. The third-order valence-electron chi connectivity index (χ3n) is 3.31. The summed E-state index contributed by atoms with van der Waals surface area (Å²) in [4.78, 5) is 0. The molecule has 0 spiro atoms. The highest BCUT2D eigenvalue weighted by Gasteiger charge is 2.25. The second kappa shape index (κ2) is 6.34. The van der Waals surface area contributed by atoms with Crippen LogP contribution in [0.2, 0.25) is 0 Å². The first kappa shape index (κ1) is 13.6. The van der Waals surface area contributed by atoms with Gasteiger partial charge in [0, 0.05) is 24.1 Å². The predicted octanol–water partition coefficient (Wildman–Crippen LogP) is 2.99. The summed E-state index contributed by atoms with van der Waals surface area (Å²) < 4.78 is 11.2. The molecule has 1 aromatic rings. The summed E-state index contributed by atoms with van der Waals surface area (Å²) in [6.07, 6.45) is 5.54. The topological polar surface area (TPSA) is 44.5 Å². The molecule has 1 unspecified atom stereocenters. The number of thioether (sulfide) groups is 1. The van der Waals surface area contributed by atoms with Crippen molar-refractivity contribution in [1.82, 2.24) is 0 Å². The number of benzene rings is 1. The maximum Gasteiger partial charge on any atom is 0.128 e. The van der Waals surface area contributed by atoms with Gasteiger partial charge in [-0.2, -0.15) is 11.8 Å². The third-order valence-corrected chi connectivity index (χ3v) is 4.00. The second-order valence-corrected chi connectivity index (χ2v) is 5.61. The van der Waals surface area contributed by atoms with Gasteiger partial charge >= 0.3 is 0 Å². The van der Waals surface area contributed by atoms with E-state index in [1.54, 1.807) is 7.11 Å². The molecule has 0 aromatic heterocycles. The van der Waals surface area contributed by atoms with Crippen LogP contribution in [0.1, 0.15) is 30.9 Å². The van der Waals surface area contributed by atoms with E-state index in [0.29, 0.717) is 0 Å².